The standard InChI is InChI=1S/C29H31BrN2O2/c1-21-12-13-24(26(30)17-21)18-31(19-25-9-6-16-34-25)20-29(33)32-27-10-4-2-7-22(27)14-15-23-8-3-5-11-28(23)32/h2-5,7-8,10-13,17,25H,6,9,14-16,18-20H2,1H3. The van der Waals surface area contributed by atoms with Crippen LogP contribution in [-0.2, 0) is 28.9 Å². The van der Waals surface area contributed by atoms with Crippen molar-refractivity contribution in [2.24, 2.45) is 0 Å². The lowest BCUT2D eigenvalue weighted by atomic mass is 10.0. The maximum atomic E-state index is 14.0. The maximum absolute atomic E-state index is 14.0. The molecule has 4 nitrogen and oxygen atoms in total. The number of hydrogen-bond acceptors (Lipinski definition) is 3. The van der Waals surface area contributed by atoms with Crippen molar-refractivity contribution in [1.29, 1.82) is 0 Å². The number of anilines is 2. The van der Waals surface area contributed by atoms with Crippen molar-refractivity contribution in [1.82, 2.24) is 4.90 Å². The van der Waals surface area contributed by atoms with Gasteiger partial charge in [0.2, 0.25) is 5.91 Å². The third-order valence-corrected chi connectivity index (χ3v) is 7.56. The summed E-state index contributed by atoms with van der Waals surface area (Å²) < 4.78 is 7.04. The number of carbonyl (C=O) groups excluding carboxylic acids is 1. The van der Waals surface area contributed by atoms with Gasteiger partial charge in [-0.1, -0.05) is 64.5 Å². The van der Waals surface area contributed by atoms with Gasteiger partial charge in [0.1, 0.15) is 0 Å². The molecule has 0 saturated carbocycles. The van der Waals surface area contributed by atoms with Crippen LogP contribution in [0.2, 0.25) is 0 Å². The number of amides is 1. The van der Waals surface area contributed by atoms with Crippen molar-refractivity contribution in [3.05, 3.63) is 93.5 Å². The molecule has 176 valence electrons. The van der Waals surface area contributed by atoms with E-state index in [0.717, 1.165) is 54.7 Å². The molecule has 2 aliphatic heterocycles. The van der Waals surface area contributed by atoms with Crippen molar-refractivity contribution in [3.8, 4) is 0 Å². The lowest BCUT2D eigenvalue weighted by Gasteiger charge is -2.30. The molecule has 1 saturated heterocycles. The first kappa shape index (κ1) is 23.3. The van der Waals surface area contributed by atoms with Crippen LogP contribution >= 0.6 is 15.9 Å². The van der Waals surface area contributed by atoms with Crippen LogP contribution in [0.5, 0.6) is 0 Å². The van der Waals surface area contributed by atoms with E-state index in [1.54, 1.807) is 0 Å². The van der Waals surface area contributed by atoms with Crippen LogP contribution in [0.1, 0.15) is 35.1 Å². The number of carbonyl (C=O) groups is 1. The molecule has 0 spiro atoms. The first-order chi connectivity index (χ1) is 16.6. The highest BCUT2D eigenvalue weighted by atomic mass is 79.9. The summed E-state index contributed by atoms with van der Waals surface area (Å²) in [6, 6.07) is 23.1. The fourth-order valence-electron chi connectivity index (χ4n) is 5.09. The molecule has 0 radical (unpaired) electrons. The van der Waals surface area contributed by atoms with Gasteiger partial charge in [-0.3, -0.25) is 14.6 Å². The molecule has 5 heteroatoms. The van der Waals surface area contributed by atoms with Gasteiger partial charge in [0.25, 0.3) is 0 Å². The zero-order valence-corrected chi connectivity index (χ0v) is 21.3. The van der Waals surface area contributed by atoms with Crippen LogP contribution in [0.15, 0.2) is 71.2 Å². The number of aryl methyl sites for hydroxylation is 3. The number of ether oxygens (including phenoxy) is 1. The molecule has 0 aromatic heterocycles. The predicted molar refractivity (Wildman–Crippen MR) is 141 cm³/mol. The molecule has 1 fully saturated rings. The smallest absolute Gasteiger partial charge is 0.245 e. The van der Waals surface area contributed by atoms with Gasteiger partial charge in [-0.15, -0.1) is 0 Å². The first-order valence-corrected chi connectivity index (χ1v) is 13.0. The second-order valence-corrected chi connectivity index (χ2v) is 10.2. The lowest BCUT2D eigenvalue weighted by molar-refractivity contribution is -0.119. The lowest BCUT2D eigenvalue weighted by Crippen LogP contribution is -2.41. The van der Waals surface area contributed by atoms with E-state index in [4.69, 9.17) is 4.74 Å². The predicted octanol–water partition coefficient (Wildman–Crippen LogP) is 6.20. The monoisotopic (exact) mass is 518 g/mol. The van der Waals surface area contributed by atoms with E-state index in [9.17, 15) is 4.79 Å². The second-order valence-electron chi connectivity index (χ2n) is 9.39. The number of halogens is 1. The average molecular weight is 519 g/mol. The molecule has 0 aliphatic carbocycles. The summed E-state index contributed by atoms with van der Waals surface area (Å²) in [5.41, 5.74) is 6.86. The molecular weight excluding hydrogens is 488 g/mol. The normalized spacial score (nSPS) is 17.4. The summed E-state index contributed by atoms with van der Waals surface area (Å²) in [6.07, 6.45) is 4.20. The van der Waals surface area contributed by atoms with Crippen LogP contribution in [-0.4, -0.2) is 36.6 Å². The van der Waals surface area contributed by atoms with E-state index in [0.29, 0.717) is 13.1 Å². The molecule has 3 aromatic rings. The second kappa shape index (κ2) is 10.4. The molecule has 2 heterocycles. The van der Waals surface area contributed by atoms with Crippen molar-refractivity contribution in [3.63, 3.8) is 0 Å². The Morgan fingerprint density at radius 3 is 2.32 bits per heavy atom. The van der Waals surface area contributed by atoms with Crippen LogP contribution in [0, 0.1) is 6.92 Å². The van der Waals surface area contributed by atoms with Gasteiger partial charge in [0.05, 0.1) is 24.0 Å². The number of nitrogens with zero attached hydrogens (tertiary/aromatic N) is 2. The zero-order chi connectivity index (χ0) is 23.5. The third-order valence-electron chi connectivity index (χ3n) is 6.83. The molecule has 3 aromatic carbocycles. The van der Waals surface area contributed by atoms with E-state index in [1.165, 1.54) is 22.3 Å². The van der Waals surface area contributed by atoms with Gasteiger partial charge >= 0.3 is 0 Å². The van der Waals surface area contributed by atoms with Crippen LogP contribution < -0.4 is 4.90 Å². The topological polar surface area (TPSA) is 32.8 Å². The minimum absolute atomic E-state index is 0.100. The van der Waals surface area contributed by atoms with Crippen molar-refractivity contribution >= 4 is 33.2 Å². The molecule has 1 atom stereocenters. The van der Waals surface area contributed by atoms with Crippen LogP contribution in [0.4, 0.5) is 11.4 Å². The largest absolute Gasteiger partial charge is 0.377 e. The first-order valence-electron chi connectivity index (χ1n) is 12.2. The van der Waals surface area contributed by atoms with Gasteiger partial charge in [0, 0.05) is 24.2 Å². The van der Waals surface area contributed by atoms with E-state index in [2.05, 4.69) is 82.4 Å². The molecule has 34 heavy (non-hydrogen) atoms. The Hall–Kier alpha value is -2.47. The van der Waals surface area contributed by atoms with Crippen molar-refractivity contribution in [2.75, 3.05) is 24.6 Å². The van der Waals surface area contributed by atoms with Gasteiger partial charge in [0.15, 0.2) is 0 Å². The maximum Gasteiger partial charge on any atom is 0.245 e. The summed E-state index contributed by atoms with van der Waals surface area (Å²) in [5.74, 6) is 0.100. The van der Waals surface area contributed by atoms with Crippen LogP contribution in [0.25, 0.3) is 0 Å². The summed E-state index contributed by atoms with van der Waals surface area (Å²) in [7, 11) is 0. The Morgan fingerprint density at radius 1 is 1.03 bits per heavy atom. The fraction of sp³-hybridized carbons (Fsp3) is 0.345. The SMILES string of the molecule is Cc1ccc(CN(CC(=O)N2c3ccccc3CCc3ccccc32)CC2CCCO2)c(Br)c1. The molecule has 5 rings (SSSR count). The average Bonchev–Trinajstić information content (AvgIpc) is 3.27. The fourth-order valence-corrected chi connectivity index (χ4v) is 5.71. The number of benzene rings is 3. The number of rotatable bonds is 6. The number of para-hydroxylation sites is 2. The highest BCUT2D eigenvalue weighted by Gasteiger charge is 2.28. The van der Waals surface area contributed by atoms with Gasteiger partial charge in [-0.25, -0.2) is 0 Å². The van der Waals surface area contributed by atoms with Gasteiger partial charge in [-0.2, -0.15) is 0 Å². The highest BCUT2D eigenvalue weighted by Crippen LogP contribution is 2.36. The molecule has 0 bridgehead atoms. The summed E-state index contributed by atoms with van der Waals surface area (Å²) in [4.78, 5) is 18.2. The highest BCUT2D eigenvalue weighted by molar-refractivity contribution is 9.10. The Morgan fingerprint density at radius 2 is 1.71 bits per heavy atom. The minimum atomic E-state index is 0.100. The Bertz CT molecular complexity index is 1120. The van der Waals surface area contributed by atoms with E-state index in [1.807, 2.05) is 17.0 Å². The quantitative estimate of drug-likeness (QED) is 0.389. The summed E-state index contributed by atoms with van der Waals surface area (Å²) >= 11 is 3.73. The number of fused-ring (bicyclic) bond motifs is 2. The van der Waals surface area contributed by atoms with Crippen molar-refractivity contribution < 1.29 is 9.53 Å². The Labute approximate surface area is 210 Å². The molecular formula is C29H31BrN2O2. The minimum Gasteiger partial charge on any atom is -0.377 e. The van der Waals surface area contributed by atoms with Crippen LogP contribution in [0.3, 0.4) is 0 Å². The van der Waals surface area contributed by atoms with Gasteiger partial charge in [-0.05, 0) is 73.1 Å². The molecule has 1 amide bonds. The summed E-state index contributed by atoms with van der Waals surface area (Å²) in [5, 5.41) is 0. The Balaban J connectivity index is 1.45. The van der Waals surface area contributed by atoms with Gasteiger partial charge < -0.3 is 4.74 Å². The molecule has 2 aliphatic rings. The van der Waals surface area contributed by atoms with E-state index >= 15 is 0 Å². The number of hydrogen-bond donors (Lipinski definition) is 0. The van der Waals surface area contributed by atoms with Crippen molar-refractivity contribution in [2.45, 2.75) is 45.3 Å². The summed E-state index contributed by atoms with van der Waals surface area (Å²) in [6.45, 7) is 4.69. The molecule has 0 N–H and O–H groups in total. The zero-order valence-electron chi connectivity index (χ0n) is 19.7. The Kier molecular flexibility index (Phi) is 7.14. The molecule has 1 unspecified atom stereocenters. The van der Waals surface area contributed by atoms with E-state index < -0.39 is 0 Å². The van der Waals surface area contributed by atoms with E-state index in [-0.39, 0.29) is 12.0 Å². The third kappa shape index (κ3) is 5.12.